The molecule has 0 spiro atoms. The number of hydrogen-bond donors (Lipinski definition) is 1. The molecule has 9 heteroatoms. The zero-order valence-corrected chi connectivity index (χ0v) is 19.9. The van der Waals surface area contributed by atoms with Crippen LogP contribution in [0.25, 0.3) is 5.69 Å². The van der Waals surface area contributed by atoms with E-state index in [4.69, 9.17) is 0 Å². The second-order valence-electron chi connectivity index (χ2n) is 7.80. The Balaban J connectivity index is 1.54. The number of nitrogens with one attached hydrogen (secondary N) is 1. The van der Waals surface area contributed by atoms with Gasteiger partial charge in [0.25, 0.3) is 0 Å². The van der Waals surface area contributed by atoms with Crippen LogP contribution < -0.4 is 5.32 Å². The number of aryl methyl sites for hydroxylation is 1. The number of aromatic nitrogens is 4. The van der Waals surface area contributed by atoms with Gasteiger partial charge in [0.15, 0.2) is 5.16 Å². The Hall–Kier alpha value is -3.90. The number of rotatable bonds is 7. The molecule has 0 unspecified atom stereocenters. The summed E-state index contributed by atoms with van der Waals surface area (Å²) in [5.74, 6) is 0.577. The summed E-state index contributed by atoms with van der Waals surface area (Å²) in [7, 11) is 0. The summed E-state index contributed by atoms with van der Waals surface area (Å²) in [5.41, 5.74) is 3.70. The predicted octanol–water partition coefficient (Wildman–Crippen LogP) is 4.78. The highest BCUT2D eigenvalue weighted by Crippen LogP contribution is 2.30. The van der Waals surface area contributed by atoms with E-state index in [0.29, 0.717) is 28.8 Å². The molecule has 4 aromatic rings. The molecule has 2 heterocycles. The lowest BCUT2D eigenvalue weighted by molar-refractivity contribution is -0.113. The Kier molecular flexibility index (Phi) is 6.80. The van der Waals surface area contributed by atoms with Crippen LogP contribution in [-0.4, -0.2) is 31.0 Å². The second kappa shape index (κ2) is 9.93. The molecule has 0 bridgehead atoms. The standard InChI is InChI=1S/C25H23FN6OS/c1-16-17(2)32(21-11-9-20(26)10-12-21)24(22(16)13-27)28-23(33)15-34-25-30-29-18(3)31(25)14-19-7-5-4-6-8-19/h4-12H,14-15H2,1-3H3,(H,28,33). The molecule has 0 aliphatic rings. The summed E-state index contributed by atoms with van der Waals surface area (Å²) >= 11 is 1.28. The first-order valence-corrected chi connectivity index (χ1v) is 11.6. The van der Waals surface area contributed by atoms with Crippen LogP contribution in [0.15, 0.2) is 59.8 Å². The third-order valence-electron chi connectivity index (χ3n) is 5.59. The summed E-state index contributed by atoms with van der Waals surface area (Å²) in [6.07, 6.45) is 0. The summed E-state index contributed by atoms with van der Waals surface area (Å²) < 4.78 is 17.2. The number of halogens is 1. The van der Waals surface area contributed by atoms with Crippen LogP contribution in [0.1, 0.15) is 28.2 Å². The predicted molar refractivity (Wildman–Crippen MR) is 130 cm³/mol. The zero-order chi connectivity index (χ0) is 24.2. The van der Waals surface area contributed by atoms with Crippen LogP contribution in [-0.2, 0) is 11.3 Å². The van der Waals surface area contributed by atoms with Gasteiger partial charge in [-0.2, -0.15) is 5.26 Å². The van der Waals surface area contributed by atoms with Crippen molar-refractivity contribution in [3.05, 3.63) is 88.6 Å². The fourth-order valence-electron chi connectivity index (χ4n) is 3.69. The minimum atomic E-state index is -0.359. The van der Waals surface area contributed by atoms with E-state index in [0.717, 1.165) is 22.6 Å². The van der Waals surface area contributed by atoms with Crippen molar-refractivity contribution in [2.45, 2.75) is 32.5 Å². The van der Waals surface area contributed by atoms with Gasteiger partial charge in [-0.25, -0.2) is 4.39 Å². The smallest absolute Gasteiger partial charge is 0.236 e. The molecule has 0 aliphatic carbocycles. The van der Waals surface area contributed by atoms with Gasteiger partial charge in [-0.1, -0.05) is 42.1 Å². The lowest BCUT2D eigenvalue weighted by Gasteiger charge is -2.13. The Morgan fingerprint density at radius 2 is 1.79 bits per heavy atom. The first-order chi connectivity index (χ1) is 16.4. The number of anilines is 1. The van der Waals surface area contributed by atoms with Crippen molar-refractivity contribution in [3.63, 3.8) is 0 Å². The Morgan fingerprint density at radius 1 is 1.09 bits per heavy atom. The van der Waals surface area contributed by atoms with Crippen LogP contribution in [0, 0.1) is 37.9 Å². The van der Waals surface area contributed by atoms with Crippen molar-refractivity contribution < 1.29 is 9.18 Å². The van der Waals surface area contributed by atoms with Crippen LogP contribution in [0.3, 0.4) is 0 Å². The van der Waals surface area contributed by atoms with Gasteiger partial charge in [0.2, 0.25) is 5.91 Å². The summed E-state index contributed by atoms with van der Waals surface area (Å²) in [5, 5.41) is 21.6. The average molecular weight is 475 g/mol. The van der Waals surface area contributed by atoms with E-state index in [-0.39, 0.29) is 17.5 Å². The lowest BCUT2D eigenvalue weighted by atomic mass is 10.2. The monoisotopic (exact) mass is 474 g/mol. The van der Waals surface area contributed by atoms with Crippen molar-refractivity contribution >= 4 is 23.5 Å². The number of thioether (sulfide) groups is 1. The van der Waals surface area contributed by atoms with E-state index in [2.05, 4.69) is 21.6 Å². The SMILES string of the molecule is Cc1c(C#N)c(NC(=O)CSc2nnc(C)n2Cc2ccccc2)n(-c2ccc(F)cc2)c1C. The van der Waals surface area contributed by atoms with Gasteiger partial charge in [-0.3, -0.25) is 9.36 Å². The number of hydrogen-bond acceptors (Lipinski definition) is 5. The molecule has 0 aliphatic heterocycles. The molecule has 1 amide bonds. The number of benzene rings is 2. The molecular weight excluding hydrogens is 451 g/mol. The van der Waals surface area contributed by atoms with Crippen molar-refractivity contribution in [1.82, 2.24) is 19.3 Å². The summed E-state index contributed by atoms with van der Waals surface area (Å²) in [6.45, 7) is 6.17. The van der Waals surface area contributed by atoms with E-state index in [9.17, 15) is 14.4 Å². The molecule has 0 saturated carbocycles. The van der Waals surface area contributed by atoms with Gasteiger partial charge in [-0.15, -0.1) is 10.2 Å². The summed E-state index contributed by atoms with van der Waals surface area (Å²) in [6, 6.07) is 18.1. The highest BCUT2D eigenvalue weighted by atomic mass is 32.2. The van der Waals surface area contributed by atoms with Gasteiger partial charge in [0, 0.05) is 11.4 Å². The minimum absolute atomic E-state index is 0.0878. The van der Waals surface area contributed by atoms with E-state index in [1.807, 2.05) is 55.7 Å². The number of carbonyl (C=O) groups excluding carboxylic acids is 1. The molecule has 0 atom stereocenters. The van der Waals surface area contributed by atoms with Crippen molar-refractivity contribution in [2.75, 3.05) is 11.1 Å². The topological polar surface area (TPSA) is 88.5 Å². The molecular formula is C25H23FN6OS. The molecule has 0 radical (unpaired) electrons. The molecule has 0 saturated heterocycles. The highest BCUT2D eigenvalue weighted by molar-refractivity contribution is 7.99. The quantitative estimate of drug-likeness (QED) is 0.389. The molecule has 1 N–H and O–H groups in total. The van der Waals surface area contributed by atoms with Gasteiger partial charge < -0.3 is 9.88 Å². The molecule has 7 nitrogen and oxygen atoms in total. The molecule has 172 valence electrons. The van der Waals surface area contributed by atoms with E-state index < -0.39 is 0 Å². The third-order valence-corrected chi connectivity index (χ3v) is 6.55. The van der Waals surface area contributed by atoms with Crippen molar-refractivity contribution in [3.8, 4) is 11.8 Å². The van der Waals surface area contributed by atoms with Gasteiger partial charge >= 0.3 is 0 Å². The van der Waals surface area contributed by atoms with Gasteiger partial charge in [0.1, 0.15) is 23.5 Å². The van der Waals surface area contributed by atoms with Gasteiger partial charge in [-0.05, 0) is 56.2 Å². The lowest BCUT2D eigenvalue weighted by Crippen LogP contribution is -2.18. The number of nitriles is 1. The number of carbonyl (C=O) groups is 1. The third kappa shape index (κ3) is 4.72. The van der Waals surface area contributed by atoms with E-state index in [1.165, 1.54) is 23.9 Å². The fraction of sp³-hybridized carbons (Fsp3) is 0.200. The molecule has 2 aromatic heterocycles. The average Bonchev–Trinajstić information content (AvgIpc) is 3.29. The minimum Gasteiger partial charge on any atom is -0.310 e. The number of amides is 1. The highest BCUT2D eigenvalue weighted by Gasteiger charge is 2.21. The normalized spacial score (nSPS) is 10.8. The Labute approximate surface area is 201 Å². The van der Waals surface area contributed by atoms with Crippen LogP contribution in [0.2, 0.25) is 0 Å². The van der Waals surface area contributed by atoms with Gasteiger partial charge in [0.05, 0.1) is 17.9 Å². The number of nitrogens with zero attached hydrogens (tertiary/aromatic N) is 5. The largest absolute Gasteiger partial charge is 0.310 e. The maximum absolute atomic E-state index is 13.5. The first kappa shape index (κ1) is 23.3. The molecule has 34 heavy (non-hydrogen) atoms. The molecule has 2 aromatic carbocycles. The molecule has 0 fully saturated rings. The van der Waals surface area contributed by atoms with Crippen LogP contribution in [0.4, 0.5) is 10.2 Å². The zero-order valence-electron chi connectivity index (χ0n) is 19.0. The Morgan fingerprint density at radius 3 is 2.47 bits per heavy atom. The Bertz CT molecular complexity index is 1370. The van der Waals surface area contributed by atoms with Crippen LogP contribution >= 0.6 is 11.8 Å². The maximum atomic E-state index is 13.5. The summed E-state index contributed by atoms with van der Waals surface area (Å²) in [4.78, 5) is 12.9. The molecule has 4 rings (SSSR count). The first-order valence-electron chi connectivity index (χ1n) is 10.6. The van der Waals surface area contributed by atoms with Crippen molar-refractivity contribution in [1.29, 1.82) is 5.26 Å². The van der Waals surface area contributed by atoms with E-state index >= 15 is 0 Å². The maximum Gasteiger partial charge on any atom is 0.236 e. The second-order valence-corrected chi connectivity index (χ2v) is 8.74. The van der Waals surface area contributed by atoms with Crippen LogP contribution in [0.5, 0.6) is 0 Å². The van der Waals surface area contributed by atoms with E-state index in [1.54, 1.807) is 16.7 Å². The fourth-order valence-corrected chi connectivity index (χ4v) is 4.47. The van der Waals surface area contributed by atoms with Crippen molar-refractivity contribution in [2.24, 2.45) is 0 Å².